The largest absolute Gasteiger partial charge is 0.396 e. The van der Waals surface area contributed by atoms with Crippen LogP contribution in [0.5, 0.6) is 0 Å². The first-order valence-corrected chi connectivity index (χ1v) is 9.95. The zero-order chi connectivity index (χ0) is 20.4. The van der Waals surface area contributed by atoms with Gasteiger partial charge in [0.25, 0.3) is 11.5 Å². The summed E-state index contributed by atoms with van der Waals surface area (Å²) in [5.74, 6) is -0.209. The van der Waals surface area contributed by atoms with Crippen molar-refractivity contribution < 1.29 is 9.90 Å². The maximum atomic E-state index is 13.3. The Morgan fingerprint density at radius 1 is 1.17 bits per heavy atom. The first-order valence-electron chi connectivity index (χ1n) is 9.95. The Bertz CT molecular complexity index is 1110. The zero-order valence-corrected chi connectivity index (χ0v) is 16.5. The predicted octanol–water partition coefficient (Wildman–Crippen LogP) is 2.69. The van der Waals surface area contributed by atoms with Crippen molar-refractivity contribution in [2.45, 2.75) is 26.2 Å². The van der Waals surface area contributed by atoms with Gasteiger partial charge < -0.3 is 10.0 Å². The maximum Gasteiger partial charge on any atom is 0.274 e. The second-order valence-electron chi connectivity index (χ2n) is 8.04. The lowest BCUT2D eigenvalue weighted by Crippen LogP contribution is -2.49. The van der Waals surface area contributed by atoms with Crippen LogP contribution in [0, 0.1) is 12.3 Å². The highest BCUT2D eigenvalue weighted by Crippen LogP contribution is 2.35. The summed E-state index contributed by atoms with van der Waals surface area (Å²) < 4.78 is 0. The normalized spacial score (nSPS) is 19.4. The van der Waals surface area contributed by atoms with E-state index in [0.29, 0.717) is 23.9 Å². The van der Waals surface area contributed by atoms with Gasteiger partial charge in [-0.05, 0) is 43.4 Å². The maximum absolute atomic E-state index is 13.3. The first-order chi connectivity index (χ1) is 14.0. The Balaban J connectivity index is 1.64. The molecule has 29 heavy (non-hydrogen) atoms. The molecule has 0 spiro atoms. The highest BCUT2D eigenvalue weighted by Gasteiger charge is 2.38. The molecule has 2 aromatic carbocycles. The molecule has 0 aliphatic carbocycles. The minimum absolute atomic E-state index is 0.0188. The van der Waals surface area contributed by atoms with Crippen LogP contribution in [0.15, 0.2) is 53.3 Å². The lowest BCUT2D eigenvalue weighted by molar-refractivity contribution is 0.0268. The Kier molecular flexibility index (Phi) is 5.20. The molecule has 150 valence electrons. The Hall–Kier alpha value is -2.99. The molecule has 1 aromatic heterocycles. The van der Waals surface area contributed by atoms with Gasteiger partial charge in [-0.15, -0.1) is 0 Å². The van der Waals surface area contributed by atoms with Crippen molar-refractivity contribution in [1.29, 1.82) is 0 Å². The van der Waals surface area contributed by atoms with E-state index < -0.39 is 0 Å². The topological polar surface area (TPSA) is 86.3 Å². The molecule has 3 aromatic rings. The van der Waals surface area contributed by atoms with Gasteiger partial charge in [-0.25, -0.2) is 5.10 Å². The molecule has 0 radical (unpaired) electrons. The number of aryl methyl sites for hydroxylation is 1. The SMILES string of the molecule is Cc1ccccc1CC1(CO)CCCN(C(=O)c2n[nH]c(=O)c3ccccc23)C1. The molecular formula is C23H25N3O3. The van der Waals surface area contributed by atoms with Crippen LogP contribution >= 0.6 is 0 Å². The predicted molar refractivity (Wildman–Crippen MR) is 112 cm³/mol. The average Bonchev–Trinajstić information content (AvgIpc) is 2.76. The summed E-state index contributed by atoms with van der Waals surface area (Å²) in [4.78, 5) is 27.1. The quantitative estimate of drug-likeness (QED) is 0.716. The number of likely N-dealkylation sites (tertiary alicyclic amines) is 1. The molecule has 6 heteroatoms. The molecule has 1 aliphatic heterocycles. The fourth-order valence-corrected chi connectivity index (χ4v) is 4.35. The van der Waals surface area contributed by atoms with Gasteiger partial charge in [0, 0.05) is 23.9 Å². The number of fused-ring (bicyclic) bond motifs is 1. The second-order valence-corrected chi connectivity index (χ2v) is 8.04. The van der Waals surface area contributed by atoms with E-state index in [0.717, 1.165) is 19.3 Å². The zero-order valence-electron chi connectivity index (χ0n) is 16.5. The summed E-state index contributed by atoms with van der Waals surface area (Å²) in [5, 5.41) is 17.8. The van der Waals surface area contributed by atoms with Crippen molar-refractivity contribution in [3.05, 3.63) is 75.7 Å². The number of nitrogens with zero attached hydrogens (tertiary/aromatic N) is 2. The monoisotopic (exact) mass is 391 g/mol. The third-order valence-corrected chi connectivity index (χ3v) is 6.01. The third-order valence-electron chi connectivity index (χ3n) is 6.01. The molecule has 1 atom stereocenters. The highest BCUT2D eigenvalue weighted by molar-refractivity contribution is 6.04. The molecule has 1 unspecified atom stereocenters. The Morgan fingerprint density at radius 2 is 1.90 bits per heavy atom. The number of aromatic nitrogens is 2. The smallest absolute Gasteiger partial charge is 0.274 e. The summed E-state index contributed by atoms with van der Waals surface area (Å²) in [7, 11) is 0. The number of hydrogen-bond acceptors (Lipinski definition) is 4. The lowest BCUT2D eigenvalue weighted by atomic mass is 9.75. The van der Waals surface area contributed by atoms with E-state index in [1.54, 1.807) is 29.2 Å². The van der Waals surface area contributed by atoms with Crippen LogP contribution in [0.25, 0.3) is 10.8 Å². The minimum Gasteiger partial charge on any atom is -0.396 e. The van der Waals surface area contributed by atoms with Gasteiger partial charge in [-0.1, -0.05) is 42.5 Å². The van der Waals surface area contributed by atoms with Crippen LogP contribution in [-0.4, -0.2) is 45.8 Å². The number of aliphatic hydroxyl groups excluding tert-OH is 1. The molecule has 6 nitrogen and oxygen atoms in total. The van der Waals surface area contributed by atoms with Gasteiger partial charge in [-0.3, -0.25) is 9.59 Å². The number of hydrogen-bond donors (Lipinski definition) is 2. The van der Waals surface area contributed by atoms with E-state index in [1.165, 1.54) is 11.1 Å². The standard InChI is InChI=1S/C23H25N3O3/c1-16-7-2-3-8-17(16)13-23(15-27)11-6-12-26(14-23)22(29)20-18-9-4-5-10-19(18)21(28)25-24-20/h2-5,7-10,27H,6,11-15H2,1H3,(H,25,28). The van der Waals surface area contributed by atoms with Gasteiger partial charge in [0.1, 0.15) is 0 Å². The van der Waals surface area contributed by atoms with Crippen molar-refractivity contribution in [2.24, 2.45) is 5.41 Å². The van der Waals surface area contributed by atoms with Crippen LogP contribution in [0.2, 0.25) is 0 Å². The van der Waals surface area contributed by atoms with Crippen molar-refractivity contribution in [1.82, 2.24) is 15.1 Å². The molecule has 1 fully saturated rings. The molecule has 1 saturated heterocycles. The first kappa shape index (κ1) is 19.3. The second kappa shape index (κ2) is 7.79. The average molecular weight is 391 g/mol. The number of amides is 1. The van der Waals surface area contributed by atoms with Gasteiger partial charge in [0.15, 0.2) is 5.69 Å². The molecule has 1 aliphatic rings. The summed E-state index contributed by atoms with van der Waals surface area (Å²) in [6.07, 6.45) is 2.40. The number of piperidine rings is 1. The number of benzene rings is 2. The van der Waals surface area contributed by atoms with Crippen LogP contribution < -0.4 is 5.56 Å². The van der Waals surface area contributed by atoms with Gasteiger partial charge in [0.2, 0.25) is 0 Å². The molecule has 1 amide bonds. The molecule has 0 saturated carbocycles. The van der Waals surface area contributed by atoms with Gasteiger partial charge >= 0.3 is 0 Å². The van der Waals surface area contributed by atoms with Crippen LogP contribution in [-0.2, 0) is 6.42 Å². The number of aliphatic hydroxyl groups is 1. The molecule has 2 N–H and O–H groups in total. The van der Waals surface area contributed by atoms with Crippen molar-refractivity contribution in [3.8, 4) is 0 Å². The van der Waals surface area contributed by atoms with Crippen LogP contribution in [0.1, 0.15) is 34.5 Å². The van der Waals surface area contributed by atoms with Crippen LogP contribution in [0.4, 0.5) is 0 Å². The number of carbonyl (C=O) groups is 1. The number of H-pyrrole nitrogens is 1. The van der Waals surface area contributed by atoms with E-state index in [9.17, 15) is 14.7 Å². The summed E-state index contributed by atoms with van der Waals surface area (Å²) in [6, 6.07) is 15.2. The Labute approximate surface area is 169 Å². The van der Waals surface area contributed by atoms with E-state index in [-0.39, 0.29) is 29.2 Å². The summed E-state index contributed by atoms with van der Waals surface area (Å²) in [6.45, 7) is 3.17. The fourth-order valence-electron chi connectivity index (χ4n) is 4.35. The number of aromatic amines is 1. The van der Waals surface area contributed by atoms with Crippen molar-refractivity contribution in [3.63, 3.8) is 0 Å². The third kappa shape index (κ3) is 3.68. The Morgan fingerprint density at radius 3 is 2.66 bits per heavy atom. The number of carbonyl (C=O) groups excluding carboxylic acids is 1. The van der Waals surface area contributed by atoms with E-state index >= 15 is 0 Å². The van der Waals surface area contributed by atoms with E-state index in [1.807, 2.05) is 12.1 Å². The molecular weight excluding hydrogens is 366 g/mol. The number of rotatable bonds is 4. The lowest BCUT2D eigenvalue weighted by Gasteiger charge is -2.42. The van der Waals surface area contributed by atoms with Crippen LogP contribution in [0.3, 0.4) is 0 Å². The summed E-state index contributed by atoms with van der Waals surface area (Å²) >= 11 is 0. The summed E-state index contributed by atoms with van der Waals surface area (Å²) in [5.41, 5.74) is 1.96. The molecule has 2 heterocycles. The van der Waals surface area contributed by atoms with Gasteiger partial charge in [0.05, 0.1) is 12.0 Å². The fraction of sp³-hybridized carbons (Fsp3) is 0.348. The minimum atomic E-state index is -0.377. The molecule has 4 rings (SSSR count). The molecule has 0 bridgehead atoms. The van der Waals surface area contributed by atoms with E-state index in [4.69, 9.17) is 0 Å². The number of nitrogens with one attached hydrogen (secondary N) is 1. The van der Waals surface area contributed by atoms with Crippen molar-refractivity contribution in [2.75, 3.05) is 19.7 Å². The van der Waals surface area contributed by atoms with Gasteiger partial charge in [-0.2, -0.15) is 5.10 Å². The van der Waals surface area contributed by atoms with E-state index in [2.05, 4.69) is 29.3 Å². The highest BCUT2D eigenvalue weighted by atomic mass is 16.3. The van der Waals surface area contributed by atoms with Crippen molar-refractivity contribution >= 4 is 16.7 Å².